The molecule has 0 aromatic heterocycles. The summed E-state index contributed by atoms with van der Waals surface area (Å²) in [4.78, 5) is 48.3. The molecule has 0 saturated carbocycles. The van der Waals surface area contributed by atoms with Crippen molar-refractivity contribution >= 4 is 23.9 Å². The van der Waals surface area contributed by atoms with E-state index in [-0.39, 0.29) is 19.4 Å². The van der Waals surface area contributed by atoms with Gasteiger partial charge in [-0.05, 0) is 37.3 Å². The molecule has 188 valence electrons. The number of carboxylic acids is 1. The van der Waals surface area contributed by atoms with Crippen LogP contribution in [0, 0.1) is 0 Å². The number of carbonyl (C=O) groups is 4. The summed E-state index contributed by atoms with van der Waals surface area (Å²) in [7, 11) is 0. The van der Waals surface area contributed by atoms with E-state index in [0.717, 1.165) is 11.1 Å². The van der Waals surface area contributed by atoms with E-state index in [0.29, 0.717) is 19.4 Å². The van der Waals surface area contributed by atoms with Crippen LogP contribution >= 0.6 is 0 Å². The molecule has 9 heteroatoms. The SMILES string of the molecule is CC(=O)N[C@](C)(Cc1ccccc1)C(=O)N[C@@H](CCCCNC(=O)OCc1ccccc1)C(=O)O. The highest BCUT2D eigenvalue weighted by Gasteiger charge is 2.36. The predicted molar refractivity (Wildman–Crippen MR) is 130 cm³/mol. The number of hydrogen-bond acceptors (Lipinski definition) is 5. The molecule has 0 aliphatic heterocycles. The Balaban J connectivity index is 1.81. The summed E-state index contributed by atoms with van der Waals surface area (Å²) in [5.74, 6) is -2.14. The standard InChI is InChI=1S/C26H33N3O6/c1-19(30)29-26(2,17-20-11-5-3-6-12-20)24(33)28-22(23(31)32)15-9-10-16-27-25(34)35-18-21-13-7-4-8-14-21/h3-8,11-14,22H,9-10,15-18H2,1-2H3,(H,27,34)(H,28,33)(H,29,30)(H,31,32)/t22-,26+/m0/s1. The first-order valence-corrected chi connectivity index (χ1v) is 11.5. The number of rotatable bonds is 13. The lowest BCUT2D eigenvalue weighted by molar-refractivity contribution is -0.143. The van der Waals surface area contributed by atoms with Crippen LogP contribution in [0.4, 0.5) is 4.79 Å². The van der Waals surface area contributed by atoms with Crippen LogP contribution in [0.15, 0.2) is 60.7 Å². The largest absolute Gasteiger partial charge is 0.480 e. The van der Waals surface area contributed by atoms with Gasteiger partial charge in [-0.3, -0.25) is 9.59 Å². The molecular formula is C26H33N3O6. The van der Waals surface area contributed by atoms with Crippen LogP contribution in [-0.2, 0) is 32.1 Å². The van der Waals surface area contributed by atoms with E-state index >= 15 is 0 Å². The van der Waals surface area contributed by atoms with Gasteiger partial charge < -0.3 is 25.8 Å². The summed E-state index contributed by atoms with van der Waals surface area (Å²) in [5, 5.41) is 17.4. The molecule has 2 atom stereocenters. The second kappa shape index (κ2) is 13.7. The lowest BCUT2D eigenvalue weighted by Crippen LogP contribution is -2.60. The Bertz CT molecular complexity index is 983. The van der Waals surface area contributed by atoms with Crippen molar-refractivity contribution in [1.29, 1.82) is 0 Å². The monoisotopic (exact) mass is 483 g/mol. The highest BCUT2D eigenvalue weighted by molar-refractivity contribution is 5.93. The van der Waals surface area contributed by atoms with E-state index in [1.807, 2.05) is 60.7 Å². The minimum atomic E-state index is -1.31. The van der Waals surface area contributed by atoms with Crippen molar-refractivity contribution in [2.24, 2.45) is 0 Å². The van der Waals surface area contributed by atoms with Crippen LogP contribution in [0.5, 0.6) is 0 Å². The first-order valence-electron chi connectivity index (χ1n) is 11.5. The van der Waals surface area contributed by atoms with Gasteiger partial charge in [0.1, 0.15) is 18.2 Å². The molecule has 0 fully saturated rings. The number of aliphatic carboxylic acids is 1. The Hall–Kier alpha value is -3.88. The number of carbonyl (C=O) groups excluding carboxylic acids is 3. The van der Waals surface area contributed by atoms with Crippen molar-refractivity contribution in [3.8, 4) is 0 Å². The third-order valence-electron chi connectivity index (χ3n) is 5.36. The summed E-state index contributed by atoms with van der Waals surface area (Å²) < 4.78 is 5.13. The molecule has 2 rings (SSSR count). The van der Waals surface area contributed by atoms with Gasteiger partial charge >= 0.3 is 12.1 Å². The van der Waals surface area contributed by atoms with E-state index in [1.54, 1.807) is 6.92 Å². The molecule has 0 spiro atoms. The van der Waals surface area contributed by atoms with E-state index < -0.39 is 35.5 Å². The maximum atomic E-state index is 13.0. The fourth-order valence-electron chi connectivity index (χ4n) is 3.59. The van der Waals surface area contributed by atoms with Gasteiger partial charge in [-0.15, -0.1) is 0 Å². The Morgan fingerprint density at radius 2 is 1.54 bits per heavy atom. The van der Waals surface area contributed by atoms with E-state index in [1.165, 1.54) is 6.92 Å². The van der Waals surface area contributed by atoms with Crippen LogP contribution in [0.2, 0.25) is 0 Å². The molecule has 2 aromatic rings. The highest BCUT2D eigenvalue weighted by Crippen LogP contribution is 2.15. The molecule has 2 aromatic carbocycles. The molecular weight excluding hydrogens is 450 g/mol. The quantitative estimate of drug-likeness (QED) is 0.324. The molecule has 0 saturated heterocycles. The number of carboxylic acid groups (broad SMARTS) is 1. The molecule has 0 bridgehead atoms. The zero-order valence-corrected chi connectivity index (χ0v) is 20.1. The number of unbranched alkanes of at least 4 members (excludes halogenated alkanes) is 1. The summed E-state index contributed by atoms with van der Waals surface area (Å²) >= 11 is 0. The molecule has 3 amide bonds. The number of hydrogen-bond donors (Lipinski definition) is 4. The van der Waals surface area contributed by atoms with Crippen LogP contribution in [-0.4, -0.2) is 47.1 Å². The molecule has 0 aliphatic carbocycles. The molecule has 35 heavy (non-hydrogen) atoms. The summed E-state index contributed by atoms with van der Waals surface area (Å²) in [6.07, 6.45) is 0.784. The van der Waals surface area contributed by atoms with Gasteiger partial charge in [-0.2, -0.15) is 0 Å². The van der Waals surface area contributed by atoms with Gasteiger partial charge in [-0.1, -0.05) is 60.7 Å². The van der Waals surface area contributed by atoms with Crippen molar-refractivity contribution in [2.75, 3.05) is 6.54 Å². The lowest BCUT2D eigenvalue weighted by Gasteiger charge is -2.30. The topological polar surface area (TPSA) is 134 Å². The molecule has 9 nitrogen and oxygen atoms in total. The molecule has 0 unspecified atom stereocenters. The minimum absolute atomic E-state index is 0.163. The van der Waals surface area contributed by atoms with E-state index in [2.05, 4.69) is 16.0 Å². The lowest BCUT2D eigenvalue weighted by atomic mass is 9.91. The van der Waals surface area contributed by atoms with Crippen molar-refractivity contribution in [1.82, 2.24) is 16.0 Å². The number of amides is 3. The molecule has 4 N–H and O–H groups in total. The normalized spacial score (nSPS) is 13.1. The van der Waals surface area contributed by atoms with E-state index in [4.69, 9.17) is 4.74 Å². The number of benzene rings is 2. The van der Waals surface area contributed by atoms with Gasteiger partial charge in [0.15, 0.2) is 0 Å². The van der Waals surface area contributed by atoms with Crippen LogP contribution in [0.1, 0.15) is 44.2 Å². The first-order chi connectivity index (χ1) is 16.7. The summed E-state index contributed by atoms with van der Waals surface area (Å²) in [6, 6.07) is 17.3. The third-order valence-corrected chi connectivity index (χ3v) is 5.36. The van der Waals surface area contributed by atoms with Crippen LogP contribution in [0.25, 0.3) is 0 Å². The maximum absolute atomic E-state index is 13.0. The Kier molecular flexibility index (Phi) is 10.7. The van der Waals surface area contributed by atoms with Crippen molar-refractivity contribution < 1.29 is 29.0 Å². The second-order valence-corrected chi connectivity index (χ2v) is 8.52. The average Bonchev–Trinajstić information content (AvgIpc) is 2.82. The Labute approximate surface area is 205 Å². The summed E-state index contributed by atoms with van der Waals surface area (Å²) in [6.45, 7) is 3.35. The molecule has 0 radical (unpaired) electrons. The van der Waals surface area contributed by atoms with Gasteiger partial charge in [0, 0.05) is 19.9 Å². The fraction of sp³-hybridized carbons (Fsp3) is 0.385. The molecule has 0 heterocycles. The number of ether oxygens (including phenoxy) is 1. The smallest absolute Gasteiger partial charge is 0.407 e. The van der Waals surface area contributed by atoms with Gasteiger partial charge in [0.2, 0.25) is 11.8 Å². The minimum Gasteiger partial charge on any atom is -0.480 e. The zero-order chi connectivity index (χ0) is 25.7. The number of nitrogens with one attached hydrogen (secondary N) is 3. The van der Waals surface area contributed by atoms with Crippen molar-refractivity contribution in [3.05, 3.63) is 71.8 Å². The zero-order valence-electron chi connectivity index (χ0n) is 20.1. The van der Waals surface area contributed by atoms with E-state index in [9.17, 15) is 24.3 Å². The third kappa shape index (κ3) is 9.87. The summed E-state index contributed by atoms with van der Waals surface area (Å²) in [5.41, 5.74) is 0.391. The van der Waals surface area contributed by atoms with Crippen LogP contribution in [0.3, 0.4) is 0 Å². The number of alkyl carbamates (subject to hydrolysis) is 1. The van der Waals surface area contributed by atoms with Crippen molar-refractivity contribution in [3.63, 3.8) is 0 Å². The highest BCUT2D eigenvalue weighted by atomic mass is 16.5. The fourth-order valence-corrected chi connectivity index (χ4v) is 3.59. The van der Waals surface area contributed by atoms with Crippen molar-refractivity contribution in [2.45, 2.75) is 57.7 Å². The van der Waals surface area contributed by atoms with Gasteiger partial charge in [0.25, 0.3) is 0 Å². The second-order valence-electron chi connectivity index (χ2n) is 8.52. The Morgan fingerprint density at radius 1 is 0.943 bits per heavy atom. The average molecular weight is 484 g/mol. The van der Waals surface area contributed by atoms with Crippen LogP contribution < -0.4 is 16.0 Å². The molecule has 0 aliphatic rings. The maximum Gasteiger partial charge on any atom is 0.407 e. The van der Waals surface area contributed by atoms with Gasteiger partial charge in [-0.25, -0.2) is 9.59 Å². The first kappa shape index (κ1) is 27.4. The predicted octanol–water partition coefficient (Wildman–Crippen LogP) is 2.79. The van der Waals surface area contributed by atoms with Gasteiger partial charge in [0.05, 0.1) is 0 Å². The Morgan fingerprint density at radius 3 is 2.11 bits per heavy atom.